The Bertz CT molecular complexity index is 404. The lowest BCUT2D eigenvalue weighted by atomic mass is 9.98. The van der Waals surface area contributed by atoms with Crippen LogP contribution in [0, 0.1) is 0 Å². The number of hydrogen-bond donors (Lipinski definition) is 2. The number of ether oxygens (including phenoxy) is 1. The van der Waals surface area contributed by atoms with E-state index < -0.39 is 0 Å². The second kappa shape index (κ2) is 5.80. The molecule has 0 spiro atoms. The lowest BCUT2D eigenvalue weighted by molar-refractivity contribution is 0.0937. The van der Waals surface area contributed by atoms with E-state index in [9.17, 15) is 4.79 Å². The third kappa shape index (κ3) is 3.05. The van der Waals surface area contributed by atoms with Crippen LogP contribution in [0.1, 0.15) is 21.5 Å². The molecule has 1 aliphatic heterocycles. The Kier molecular flexibility index (Phi) is 4.12. The topological polar surface area (TPSA) is 50.4 Å². The smallest absolute Gasteiger partial charge is 0.251 e. The first kappa shape index (κ1) is 12.1. The standard InChI is InChI=1S/C13H18N2O2/c1-17-7-6-15-13(16)11-2-3-12-9-14-5-4-10(12)8-11/h2-3,8,14H,4-7,9H2,1H3,(H,15,16). The van der Waals surface area contributed by atoms with Gasteiger partial charge in [0.1, 0.15) is 0 Å². The van der Waals surface area contributed by atoms with E-state index in [1.165, 1.54) is 11.1 Å². The Morgan fingerprint density at radius 1 is 1.47 bits per heavy atom. The summed E-state index contributed by atoms with van der Waals surface area (Å²) in [6.07, 6.45) is 0.995. The highest BCUT2D eigenvalue weighted by Crippen LogP contribution is 2.15. The maximum Gasteiger partial charge on any atom is 0.251 e. The Hall–Kier alpha value is -1.39. The van der Waals surface area contributed by atoms with Gasteiger partial charge in [0.25, 0.3) is 5.91 Å². The van der Waals surface area contributed by atoms with E-state index in [1.807, 2.05) is 18.2 Å². The quantitative estimate of drug-likeness (QED) is 0.754. The molecule has 4 heteroatoms. The molecule has 1 aliphatic rings. The van der Waals surface area contributed by atoms with Crippen LogP contribution in [0.2, 0.25) is 0 Å². The van der Waals surface area contributed by atoms with Crippen LogP contribution >= 0.6 is 0 Å². The van der Waals surface area contributed by atoms with Gasteiger partial charge in [-0.2, -0.15) is 0 Å². The third-order valence-corrected chi connectivity index (χ3v) is 2.95. The fraction of sp³-hybridized carbons (Fsp3) is 0.462. The average molecular weight is 234 g/mol. The van der Waals surface area contributed by atoms with Gasteiger partial charge in [-0.3, -0.25) is 4.79 Å². The number of benzene rings is 1. The molecule has 2 rings (SSSR count). The van der Waals surface area contributed by atoms with Crippen LogP contribution in [0.5, 0.6) is 0 Å². The summed E-state index contributed by atoms with van der Waals surface area (Å²) in [5, 5.41) is 6.14. The minimum atomic E-state index is -0.0246. The predicted octanol–water partition coefficient (Wildman–Crippen LogP) is 0.708. The zero-order valence-corrected chi connectivity index (χ0v) is 10.1. The monoisotopic (exact) mass is 234 g/mol. The Morgan fingerprint density at radius 3 is 3.18 bits per heavy atom. The fourth-order valence-electron chi connectivity index (χ4n) is 1.99. The maximum absolute atomic E-state index is 11.8. The molecule has 17 heavy (non-hydrogen) atoms. The van der Waals surface area contributed by atoms with Crippen molar-refractivity contribution in [3.63, 3.8) is 0 Å². The van der Waals surface area contributed by atoms with E-state index in [0.29, 0.717) is 13.2 Å². The third-order valence-electron chi connectivity index (χ3n) is 2.95. The first-order valence-corrected chi connectivity index (χ1v) is 5.91. The van der Waals surface area contributed by atoms with Crippen LogP contribution in [0.15, 0.2) is 18.2 Å². The highest BCUT2D eigenvalue weighted by Gasteiger charge is 2.11. The Balaban J connectivity index is 2.03. The number of carbonyl (C=O) groups is 1. The molecule has 1 heterocycles. The van der Waals surface area contributed by atoms with E-state index in [0.717, 1.165) is 25.1 Å². The molecule has 4 nitrogen and oxygen atoms in total. The zero-order chi connectivity index (χ0) is 12.1. The summed E-state index contributed by atoms with van der Waals surface area (Å²) < 4.78 is 4.90. The summed E-state index contributed by atoms with van der Waals surface area (Å²) in [7, 11) is 1.62. The highest BCUT2D eigenvalue weighted by atomic mass is 16.5. The number of methoxy groups -OCH3 is 1. The van der Waals surface area contributed by atoms with Crippen LogP contribution < -0.4 is 10.6 Å². The number of nitrogens with one attached hydrogen (secondary N) is 2. The summed E-state index contributed by atoms with van der Waals surface area (Å²) in [4.78, 5) is 11.8. The predicted molar refractivity (Wildman–Crippen MR) is 66.1 cm³/mol. The number of amides is 1. The van der Waals surface area contributed by atoms with Crippen molar-refractivity contribution in [1.82, 2.24) is 10.6 Å². The molecule has 0 aliphatic carbocycles. The van der Waals surface area contributed by atoms with E-state index >= 15 is 0 Å². The Labute approximate surface area is 101 Å². The van der Waals surface area contributed by atoms with Gasteiger partial charge in [0, 0.05) is 25.8 Å². The second-order valence-corrected chi connectivity index (χ2v) is 4.16. The molecule has 0 radical (unpaired) electrons. The van der Waals surface area contributed by atoms with Crippen molar-refractivity contribution < 1.29 is 9.53 Å². The fourth-order valence-corrected chi connectivity index (χ4v) is 1.99. The van der Waals surface area contributed by atoms with E-state index in [-0.39, 0.29) is 5.91 Å². The molecule has 0 aromatic heterocycles. The molecule has 1 aromatic carbocycles. The molecule has 1 aromatic rings. The maximum atomic E-state index is 11.8. The first-order chi connectivity index (χ1) is 8.31. The molecule has 0 saturated heterocycles. The molecule has 0 bridgehead atoms. The van der Waals surface area contributed by atoms with Crippen LogP contribution in [0.4, 0.5) is 0 Å². The number of carbonyl (C=O) groups excluding carboxylic acids is 1. The van der Waals surface area contributed by atoms with Crippen molar-refractivity contribution in [2.45, 2.75) is 13.0 Å². The SMILES string of the molecule is COCCNC(=O)c1ccc2c(c1)CCNC2. The molecular formula is C13H18N2O2. The summed E-state index contributed by atoms with van der Waals surface area (Å²) >= 11 is 0. The van der Waals surface area contributed by atoms with Crippen LogP contribution in [0.3, 0.4) is 0 Å². The molecule has 1 amide bonds. The van der Waals surface area contributed by atoms with Crippen molar-refractivity contribution >= 4 is 5.91 Å². The lowest BCUT2D eigenvalue weighted by Gasteiger charge is -2.17. The minimum absolute atomic E-state index is 0.0246. The summed E-state index contributed by atoms with van der Waals surface area (Å²) in [6.45, 7) is 2.98. The first-order valence-electron chi connectivity index (χ1n) is 5.91. The van der Waals surface area contributed by atoms with Crippen LogP contribution in [0.25, 0.3) is 0 Å². The lowest BCUT2D eigenvalue weighted by Crippen LogP contribution is -2.28. The molecular weight excluding hydrogens is 216 g/mol. The summed E-state index contributed by atoms with van der Waals surface area (Å²) in [5.41, 5.74) is 3.31. The van der Waals surface area contributed by atoms with Gasteiger partial charge >= 0.3 is 0 Å². The highest BCUT2D eigenvalue weighted by molar-refractivity contribution is 5.94. The summed E-state index contributed by atoms with van der Waals surface area (Å²) in [6, 6.07) is 5.92. The van der Waals surface area contributed by atoms with Gasteiger partial charge in [0.2, 0.25) is 0 Å². The van der Waals surface area contributed by atoms with Gasteiger partial charge in [0.05, 0.1) is 6.61 Å². The zero-order valence-electron chi connectivity index (χ0n) is 10.1. The summed E-state index contributed by atoms with van der Waals surface area (Å²) in [5.74, 6) is -0.0246. The van der Waals surface area contributed by atoms with E-state index in [2.05, 4.69) is 10.6 Å². The Morgan fingerprint density at radius 2 is 2.35 bits per heavy atom. The van der Waals surface area contributed by atoms with E-state index in [1.54, 1.807) is 7.11 Å². The van der Waals surface area contributed by atoms with Crippen molar-refractivity contribution in [3.8, 4) is 0 Å². The largest absolute Gasteiger partial charge is 0.383 e. The van der Waals surface area contributed by atoms with Gasteiger partial charge in [-0.15, -0.1) is 0 Å². The van der Waals surface area contributed by atoms with Gasteiger partial charge < -0.3 is 15.4 Å². The van der Waals surface area contributed by atoms with Gasteiger partial charge in [-0.05, 0) is 36.2 Å². The minimum Gasteiger partial charge on any atom is -0.383 e. The van der Waals surface area contributed by atoms with Crippen molar-refractivity contribution in [3.05, 3.63) is 34.9 Å². The number of hydrogen-bond acceptors (Lipinski definition) is 3. The van der Waals surface area contributed by atoms with Crippen molar-refractivity contribution in [2.24, 2.45) is 0 Å². The second-order valence-electron chi connectivity index (χ2n) is 4.16. The van der Waals surface area contributed by atoms with Gasteiger partial charge in [0.15, 0.2) is 0 Å². The molecule has 0 atom stereocenters. The number of fused-ring (bicyclic) bond motifs is 1. The average Bonchev–Trinajstić information content (AvgIpc) is 2.38. The number of rotatable bonds is 4. The van der Waals surface area contributed by atoms with Crippen molar-refractivity contribution in [2.75, 3.05) is 26.8 Å². The molecule has 92 valence electrons. The van der Waals surface area contributed by atoms with Crippen LogP contribution in [-0.4, -0.2) is 32.7 Å². The molecule has 0 fully saturated rings. The van der Waals surface area contributed by atoms with Crippen molar-refractivity contribution in [1.29, 1.82) is 0 Å². The normalized spacial score (nSPS) is 14.2. The molecule has 2 N–H and O–H groups in total. The van der Waals surface area contributed by atoms with Gasteiger partial charge in [-0.1, -0.05) is 6.07 Å². The van der Waals surface area contributed by atoms with Crippen LogP contribution in [-0.2, 0) is 17.7 Å². The molecule has 0 saturated carbocycles. The van der Waals surface area contributed by atoms with E-state index in [4.69, 9.17) is 4.74 Å². The molecule has 0 unspecified atom stereocenters. The van der Waals surface area contributed by atoms with Gasteiger partial charge in [-0.25, -0.2) is 0 Å².